The van der Waals surface area contributed by atoms with Crippen molar-refractivity contribution in [3.05, 3.63) is 24.3 Å². The molecule has 0 aromatic heterocycles. The maximum Gasteiger partial charge on any atom is 0.243 e. The summed E-state index contributed by atoms with van der Waals surface area (Å²) < 4.78 is 32.2. The van der Waals surface area contributed by atoms with Crippen LogP contribution in [0.15, 0.2) is 29.2 Å². The highest BCUT2D eigenvalue weighted by Crippen LogP contribution is 2.22. The molecule has 3 N–H and O–H groups in total. The molecule has 1 saturated heterocycles. The molecule has 0 bridgehead atoms. The molecule has 0 spiro atoms. The van der Waals surface area contributed by atoms with Crippen LogP contribution >= 0.6 is 12.2 Å². The van der Waals surface area contributed by atoms with Gasteiger partial charge in [0.1, 0.15) is 0 Å². The molecule has 0 amide bonds. The highest BCUT2D eigenvalue weighted by Gasteiger charge is 2.32. The molecule has 116 valence electrons. The molecule has 2 unspecified atom stereocenters. The third kappa shape index (κ3) is 3.91. The van der Waals surface area contributed by atoms with Crippen LogP contribution in [0.4, 0.5) is 5.69 Å². The van der Waals surface area contributed by atoms with Gasteiger partial charge in [-0.05, 0) is 50.3 Å². The number of thiocarbonyl (C=S) groups is 1. The van der Waals surface area contributed by atoms with Crippen LogP contribution < -0.4 is 11.1 Å². The molecule has 2 rings (SSSR count). The van der Waals surface area contributed by atoms with Crippen molar-refractivity contribution >= 4 is 33.0 Å². The lowest BCUT2D eigenvalue weighted by Gasteiger charge is -2.34. The van der Waals surface area contributed by atoms with Gasteiger partial charge in [0.2, 0.25) is 10.0 Å². The molecule has 1 aliphatic heterocycles. The second-order valence-electron chi connectivity index (χ2n) is 5.09. The van der Waals surface area contributed by atoms with Crippen molar-refractivity contribution in [3.8, 4) is 0 Å². The van der Waals surface area contributed by atoms with Crippen LogP contribution in [0.3, 0.4) is 0 Å². The molecule has 1 aliphatic rings. The van der Waals surface area contributed by atoms with Gasteiger partial charge in [0.25, 0.3) is 0 Å². The molecule has 8 heteroatoms. The number of hydrogen-bond acceptors (Lipinski definition) is 4. The topological polar surface area (TPSA) is 84.7 Å². The molecule has 21 heavy (non-hydrogen) atoms. The predicted octanol–water partition coefficient (Wildman–Crippen LogP) is 1.14. The molecule has 0 radical (unpaired) electrons. The Hall–Kier alpha value is -1.22. The summed E-state index contributed by atoms with van der Waals surface area (Å²) >= 11 is 4.74. The Morgan fingerprint density at radius 3 is 2.29 bits per heavy atom. The lowest BCUT2D eigenvalue weighted by atomic mass is 10.3. The summed E-state index contributed by atoms with van der Waals surface area (Å²) in [5.41, 5.74) is 6.03. The maximum absolute atomic E-state index is 12.6. The quantitative estimate of drug-likeness (QED) is 0.809. The van der Waals surface area contributed by atoms with Crippen LogP contribution in [-0.4, -0.2) is 43.1 Å². The fourth-order valence-electron chi connectivity index (χ4n) is 2.33. The van der Waals surface area contributed by atoms with Crippen molar-refractivity contribution in [2.75, 3.05) is 18.4 Å². The van der Waals surface area contributed by atoms with Gasteiger partial charge in [0.15, 0.2) is 5.11 Å². The molecule has 1 heterocycles. The van der Waals surface area contributed by atoms with E-state index in [1.165, 1.54) is 4.31 Å². The van der Waals surface area contributed by atoms with E-state index in [0.29, 0.717) is 18.8 Å². The lowest BCUT2D eigenvalue weighted by Crippen LogP contribution is -2.48. The predicted molar refractivity (Wildman–Crippen MR) is 85.6 cm³/mol. The zero-order valence-corrected chi connectivity index (χ0v) is 13.6. The number of ether oxygens (including phenoxy) is 1. The molecular weight excluding hydrogens is 310 g/mol. The largest absolute Gasteiger partial charge is 0.376 e. The fraction of sp³-hybridized carbons (Fsp3) is 0.462. The van der Waals surface area contributed by atoms with Crippen LogP contribution in [0.1, 0.15) is 13.8 Å². The minimum atomic E-state index is -3.51. The number of rotatable bonds is 3. The highest BCUT2D eigenvalue weighted by atomic mass is 32.2. The zero-order chi connectivity index (χ0) is 15.6. The average molecular weight is 329 g/mol. The van der Waals surface area contributed by atoms with E-state index in [9.17, 15) is 8.42 Å². The van der Waals surface area contributed by atoms with Crippen LogP contribution in [0.5, 0.6) is 0 Å². The van der Waals surface area contributed by atoms with E-state index in [1.54, 1.807) is 24.3 Å². The molecule has 1 aromatic carbocycles. The second-order valence-corrected chi connectivity index (χ2v) is 7.47. The standard InChI is InChI=1S/C13H19N3O3S2/c1-9-7-16(8-10(2)19-9)21(17,18)12-5-3-11(4-6-12)15-13(14)20/h3-6,9-10H,7-8H2,1-2H3,(H3,14,15,20). The number of morpholine rings is 1. The Bertz CT molecular complexity index is 606. The summed E-state index contributed by atoms with van der Waals surface area (Å²) in [6.45, 7) is 4.46. The fourth-order valence-corrected chi connectivity index (χ4v) is 4.04. The zero-order valence-electron chi connectivity index (χ0n) is 11.9. The van der Waals surface area contributed by atoms with E-state index in [0.717, 1.165) is 0 Å². The van der Waals surface area contributed by atoms with Crippen molar-refractivity contribution in [1.29, 1.82) is 0 Å². The molecule has 2 atom stereocenters. The number of nitrogens with two attached hydrogens (primary N) is 1. The Morgan fingerprint density at radius 1 is 1.29 bits per heavy atom. The minimum absolute atomic E-state index is 0.112. The second kappa shape index (κ2) is 6.27. The molecule has 0 saturated carbocycles. The Kier molecular flexibility index (Phi) is 4.82. The van der Waals surface area contributed by atoms with Crippen LogP contribution in [0.2, 0.25) is 0 Å². The molecule has 1 aromatic rings. The minimum Gasteiger partial charge on any atom is -0.376 e. The van der Waals surface area contributed by atoms with Crippen LogP contribution in [0, 0.1) is 0 Å². The van der Waals surface area contributed by atoms with Crippen molar-refractivity contribution in [1.82, 2.24) is 4.31 Å². The summed E-state index contributed by atoms with van der Waals surface area (Å²) in [4.78, 5) is 0.247. The number of anilines is 1. The number of hydrogen-bond donors (Lipinski definition) is 2. The van der Waals surface area contributed by atoms with Gasteiger partial charge in [0.05, 0.1) is 17.1 Å². The van der Waals surface area contributed by atoms with Gasteiger partial charge < -0.3 is 15.8 Å². The van der Waals surface area contributed by atoms with E-state index < -0.39 is 10.0 Å². The molecular formula is C13H19N3O3S2. The van der Waals surface area contributed by atoms with Gasteiger partial charge in [-0.15, -0.1) is 0 Å². The van der Waals surface area contributed by atoms with Gasteiger partial charge >= 0.3 is 0 Å². The SMILES string of the molecule is CC1CN(S(=O)(=O)c2ccc(NC(N)=S)cc2)CC(C)O1. The maximum atomic E-state index is 12.6. The van der Waals surface area contributed by atoms with Gasteiger partial charge in [-0.1, -0.05) is 0 Å². The van der Waals surface area contributed by atoms with Gasteiger partial charge in [-0.2, -0.15) is 4.31 Å². The third-order valence-corrected chi connectivity index (χ3v) is 5.09. The van der Waals surface area contributed by atoms with Crippen molar-refractivity contribution in [3.63, 3.8) is 0 Å². The van der Waals surface area contributed by atoms with Crippen LogP contribution in [-0.2, 0) is 14.8 Å². The first-order chi connectivity index (χ1) is 9.79. The third-order valence-electron chi connectivity index (χ3n) is 3.15. The van der Waals surface area contributed by atoms with E-state index in [-0.39, 0.29) is 22.2 Å². The number of nitrogens with one attached hydrogen (secondary N) is 1. The first-order valence-corrected chi connectivity index (χ1v) is 8.46. The Labute approximate surface area is 130 Å². The number of sulfonamides is 1. The van der Waals surface area contributed by atoms with E-state index in [4.69, 9.17) is 22.7 Å². The summed E-state index contributed by atoms with van der Waals surface area (Å²) in [5, 5.41) is 2.90. The summed E-state index contributed by atoms with van der Waals surface area (Å²) in [7, 11) is -3.51. The summed E-state index contributed by atoms with van der Waals surface area (Å²) in [6, 6.07) is 6.36. The van der Waals surface area contributed by atoms with Crippen molar-refractivity contribution in [2.24, 2.45) is 5.73 Å². The van der Waals surface area contributed by atoms with E-state index >= 15 is 0 Å². The first-order valence-electron chi connectivity index (χ1n) is 6.61. The molecule has 1 fully saturated rings. The summed E-state index contributed by atoms with van der Waals surface area (Å²) in [6.07, 6.45) is -0.224. The normalized spacial score (nSPS) is 23.7. The molecule has 0 aliphatic carbocycles. The van der Waals surface area contributed by atoms with Gasteiger partial charge in [-0.3, -0.25) is 0 Å². The smallest absolute Gasteiger partial charge is 0.243 e. The van der Waals surface area contributed by atoms with E-state index in [2.05, 4.69) is 5.32 Å². The Balaban J connectivity index is 2.21. The average Bonchev–Trinajstić information content (AvgIpc) is 2.37. The highest BCUT2D eigenvalue weighted by molar-refractivity contribution is 7.89. The lowest BCUT2D eigenvalue weighted by molar-refractivity contribution is -0.0440. The van der Waals surface area contributed by atoms with Crippen molar-refractivity contribution < 1.29 is 13.2 Å². The van der Waals surface area contributed by atoms with E-state index in [1.807, 2.05) is 13.8 Å². The number of nitrogens with zero attached hydrogens (tertiary/aromatic N) is 1. The first kappa shape index (κ1) is 16.2. The van der Waals surface area contributed by atoms with Crippen molar-refractivity contribution in [2.45, 2.75) is 31.0 Å². The summed E-state index contributed by atoms with van der Waals surface area (Å²) in [5.74, 6) is 0. The van der Waals surface area contributed by atoms with Crippen LogP contribution in [0.25, 0.3) is 0 Å². The number of benzene rings is 1. The van der Waals surface area contributed by atoms with Gasteiger partial charge in [-0.25, -0.2) is 8.42 Å². The van der Waals surface area contributed by atoms with Gasteiger partial charge in [0, 0.05) is 18.8 Å². The Morgan fingerprint density at radius 2 is 1.81 bits per heavy atom. The molecule has 6 nitrogen and oxygen atoms in total. The monoisotopic (exact) mass is 329 g/mol.